The van der Waals surface area contributed by atoms with Crippen LogP contribution in [0.1, 0.15) is 35.9 Å². The van der Waals surface area contributed by atoms with Crippen LogP contribution in [-0.4, -0.2) is 36.4 Å². The summed E-state index contributed by atoms with van der Waals surface area (Å²) in [6, 6.07) is 22.7. The topological polar surface area (TPSA) is 83.9 Å². The number of carbonyl (C=O) groups is 1. The van der Waals surface area contributed by atoms with Crippen LogP contribution in [0.5, 0.6) is 0 Å². The van der Waals surface area contributed by atoms with Gasteiger partial charge in [-0.25, -0.2) is 9.97 Å². The average molecular weight is 452 g/mol. The van der Waals surface area contributed by atoms with E-state index in [9.17, 15) is 9.59 Å². The van der Waals surface area contributed by atoms with Crippen molar-refractivity contribution >= 4 is 27.8 Å². The molecule has 170 valence electrons. The zero-order chi connectivity index (χ0) is 23.8. The van der Waals surface area contributed by atoms with Gasteiger partial charge in [-0.05, 0) is 63.2 Å². The third-order valence-electron chi connectivity index (χ3n) is 5.95. The van der Waals surface area contributed by atoms with E-state index in [1.54, 1.807) is 23.1 Å². The number of rotatable bonds is 5. The first kappa shape index (κ1) is 21.6. The molecule has 0 aliphatic heterocycles. The summed E-state index contributed by atoms with van der Waals surface area (Å²) in [5, 5.41) is 0.531. The summed E-state index contributed by atoms with van der Waals surface area (Å²) in [7, 11) is 0. The Balaban J connectivity index is 1.49. The van der Waals surface area contributed by atoms with E-state index in [4.69, 9.17) is 4.98 Å². The number of carbonyl (C=O) groups excluding carboxylic acids is 1. The average Bonchev–Trinajstić information content (AvgIpc) is 3.17. The lowest BCUT2D eigenvalue weighted by Crippen LogP contribution is -2.37. The molecule has 0 saturated carbocycles. The number of nitrogens with one attached hydrogen (secondary N) is 1. The van der Waals surface area contributed by atoms with Gasteiger partial charge in [0.2, 0.25) is 0 Å². The van der Waals surface area contributed by atoms with Gasteiger partial charge in [-0.15, -0.1) is 0 Å². The van der Waals surface area contributed by atoms with E-state index in [1.807, 2.05) is 75.4 Å². The molecule has 0 bridgehead atoms. The quantitative estimate of drug-likeness (QED) is 0.423. The second kappa shape index (κ2) is 8.59. The Morgan fingerprint density at radius 3 is 2.47 bits per heavy atom. The third-order valence-corrected chi connectivity index (χ3v) is 5.95. The number of fused-ring (bicyclic) bond motifs is 2. The SMILES string of the molecule is Cc1nc2cc(C(=O)N(Cc3nc4ccccc4c(=O)[nH]3)C(C)C)ccc2n1-c1ccccc1. The zero-order valence-corrected chi connectivity index (χ0v) is 19.3. The zero-order valence-electron chi connectivity index (χ0n) is 19.3. The Morgan fingerprint density at radius 1 is 0.971 bits per heavy atom. The Hall–Kier alpha value is -4.26. The number of hydrogen-bond acceptors (Lipinski definition) is 4. The van der Waals surface area contributed by atoms with Gasteiger partial charge in [0.05, 0.1) is 28.5 Å². The summed E-state index contributed by atoms with van der Waals surface area (Å²) in [4.78, 5) is 39.8. The number of nitrogens with zero attached hydrogens (tertiary/aromatic N) is 4. The molecule has 0 spiro atoms. The molecule has 2 heterocycles. The molecular weight excluding hydrogens is 426 g/mol. The molecular formula is C27H25N5O2. The highest BCUT2D eigenvalue weighted by molar-refractivity contribution is 5.97. The smallest absolute Gasteiger partial charge is 0.258 e. The first-order valence-electron chi connectivity index (χ1n) is 11.3. The minimum atomic E-state index is -0.208. The number of benzene rings is 3. The Bertz CT molecular complexity index is 1570. The number of hydrogen-bond donors (Lipinski definition) is 1. The molecule has 0 radical (unpaired) electrons. The van der Waals surface area contributed by atoms with E-state index in [-0.39, 0.29) is 24.1 Å². The molecule has 1 N–H and O–H groups in total. The molecule has 7 heteroatoms. The van der Waals surface area contributed by atoms with Gasteiger partial charge in [0.1, 0.15) is 11.6 Å². The minimum Gasteiger partial charge on any atom is -0.329 e. The molecule has 3 aromatic carbocycles. The van der Waals surface area contributed by atoms with Gasteiger partial charge in [0.15, 0.2) is 0 Å². The predicted molar refractivity (Wildman–Crippen MR) is 133 cm³/mol. The van der Waals surface area contributed by atoms with E-state index < -0.39 is 0 Å². The molecule has 5 rings (SSSR count). The number of amides is 1. The van der Waals surface area contributed by atoms with Gasteiger partial charge in [-0.1, -0.05) is 30.3 Å². The molecule has 0 aliphatic carbocycles. The van der Waals surface area contributed by atoms with Gasteiger partial charge in [-0.3, -0.25) is 14.2 Å². The van der Waals surface area contributed by atoms with E-state index in [0.717, 1.165) is 22.5 Å². The molecule has 0 unspecified atom stereocenters. The third kappa shape index (κ3) is 3.85. The summed E-state index contributed by atoms with van der Waals surface area (Å²) >= 11 is 0. The fourth-order valence-corrected chi connectivity index (χ4v) is 4.26. The van der Waals surface area contributed by atoms with Crippen LogP contribution in [0.3, 0.4) is 0 Å². The standard InChI is InChI=1S/C27H25N5O2/c1-17(2)31(16-25-29-22-12-8-7-11-21(22)26(33)30-25)27(34)19-13-14-24-23(15-19)28-18(3)32(24)20-9-5-4-6-10-20/h4-15,17H,16H2,1-3H3,(H,29,30,33). The van der Waals surface area contributed by atoms with Crippen molar-refractivity contribution in [1.82, 2.24) is 24.4 Å². The van der Waals surface area contributed by atoms with Gasteiger partial charge >= 0.3 is 0 Å². The predicted octanol–water partition coefficient (Wildman–Crippen LogP) is 4.62. The van der Waals surface area contributed by atoms with Crippen molar-refractivity contribution in [2.75, 3.05) is 0 Å². The second-order valence-electron chi connectivity index (χ2n) is 8.59. The van der Waals surface area contributed by atoms with Crippen LogP contribution in [0.2, 0.25) is 0 Å². The van der Waals surface area contributed by atoms with Crippen molar-refractivity contribution in [3.05, 3.63) is 100 Å². The van der Waals surface area contributed by atoms with Gasteiger partial charge in [0, 0.05) is 17.3 Å². The Labute approximate surface area is 196 Å². The van der Waals surface area contributed by atoms with Crippen LogP contribution >= 0.6 is 0 Å². The van der Waals surface area contributed by atoms with E-state index in [1.165, 1.54) is 0 Å². The number of H-pyrrole nitrogens is 1. The van der Waals surface area contributed by atoms with E-state index >= 15 is 0 Å². The van der Waals surface area contributed by atoms with Crippen molar-refractivity contribution < 1.29 is 4.79 Å². The molecule has 34 heavy (non-hydrogen) atoms. The molecule has 0 atom stereocenters. The summed E-state index contributed by atoms with van der Waals surface area (Å²) < 4.78 is 2.08. The van der Waals surface area contributed by atoms with Crippen molar-refractivity contribution in [3.63, 3.8) is 0 Å². The van der Waals surface area contributed by atoms with Crippen molar-refractivity contribution in [2.45, 2.75) is 33.4 Å². The number of para-hydroxylation sites is 2. The highest BCUT2D eigenvalue weighted by Crippen LogP contribution is 2.23. The maximum absolute atomic E-state index is 13.5. The van der Waals surface area contributed by atoms with Gasteiger partial charge in [0.25, 0.3) is 11.5 Å². The van der Waals surface area contributed by atoms with Crippen molar-refractivity contribution in [1.29, 1.82) is 0 Å². The second-order valence-corrected chi connectivity index (χ2v) is 8.59. The van der Waals surface area contributed by atoms with Crippen LogP contribution < -0.4 is 5.56 Å². The molecule has 7 nitrogen and oxygen atoms in total. The van der Waals surface area contributed by atoms with E-state index in [2.05, 4.69) is 14.5 Å². The summed E-state index contributed by atoms with van der Waals surface area (Å²) in [6.07, 6.45) is 0. The molecule has 0 fully saturated rings. The van der Waals surface area contributed by atoms with Crippen LogP contribution in [0.4, 0.5) is 0 Å². The fourth-order valence-electron chi connectivity index (χ4n) is 4.26. The Morgan fingerprint density at radius 2 is 1.71 bits per heavy atom. The normalized spacial score (nSPS) is 11.4. The highest BCUT2D eigenvalue weighted by Gasteiger charge is 2.22. The molecule has 0 aliphatic rings. The van der Waals surface area contributed by atoms with Gasteiger partial charge < -0.3 is 9.88 Å². The lowest BCUT2D eigenvalue weighted by Gasteiger charge is -2.26. The van der Waals surface area contributed by atoms with E-state index in [0.29, 0.717) is 22.3 Å². The maximum Gasteiger partial charge on any atom is 0.258 e. The monoisotopic (exact) mass is 451 g/mol. The summed E-state index contributed by atoms with van der Waals surface area (Å²) in [6.45, 7) is 6.05. The largest absolute Gasteiger partial charge is 0.329 e. The molecule has 2 aromatic heterocycles. The number of aromatic nitrogens is 4. The number of imidazole rings is 1. The molecule has 5 aromatic rings. The van der Waals surface area contributed by atoms with Crippen LogP contribution in [0.25, 0.3) is 27.6 Å². The highest BCUT2D eigenvalue weighted by atomic mass is 16.2. The summed E-state index contributed by atoms with van der Waals surface area (Å²) in [5.74, 6) is 1.17. The minimum absolute atomic E-state index is 0.0939. The Kier molecular flexibility index (Phi) is 5.45. The first-order chi connectivity index (χ1) is 16.4. The van der Waals surface area contributed by atoms with Gasteiger partial charge in [-0.2, -0.15) is 0 Å². The fraction of sp³-hybridized carbons (Fsp3) is 0.185. The number of aromatic amines is 1. The van der Waals surface area contributed by atoms with Crippen LogP contribution in [-0.2, 0) is 6.54 Å². The van der Waals surface area contributed by atoms with Crippen molar-refractivity contribution in [2.24, 2.45) is 0 Å². The van der Waals surface area contributed by atoms with Crippen LogP contribution in [0.15, 0.2) is 77.6 Å². The number of aryl methyl sites for hydroxylation is 1. The lowest BCUT2D eigenvalue weighted by atomic mass is 10.1. The van der Waals surface area contributed by atoms with Crippen LogP contribution in [0, 0.1) is 6.92 Å². The maximum atomic E-state index is 13.5. The lowest BCUT2D eigenvalue weighted by molar-refractivity contribution is 0.0685. The van der Waals surface area contributed by atoms with Crippen molar-refractivity contribution in [3.8, 4) is 5.69 Å². The molecule has 0 saturated heterocycles. The summed E-state index contributed by atoms with van der Waals surface area (Å²) in [5.41, 5.74) is 3.67. The molecule has 1 amide bonds. The first-order valence-corrected chi connectivity index (χ1v) is 11.3.